The first kappa shape index (κ1) is 28.2. The van der Waals surface area contributed by atoms with E-state index in [2.05, 4.69) is 31.1 Å². The lowest BCUT2D eigenvalue weighted by Gasteiger charge is -2.38. The highest BCUT2D eigenvalue weighted by Crippen LogP contribution is 2.51. The van der Waals surface area contributed by atoms with Crippen LogP contribution in [0.1, 0.15) is 107 Å². The maximum absolute atomic E-state index is 11.5. The summed E-state index contributed by atoms with van der Waals surface area (Å²) in [5.41, 5.74) is 9.98. The molecule has 2 aromatic rings. The minimum atomic E-state index is -0.247. The predicted octanol–water partition coefficient (Wildman–Crippen LogP) is 6.40. The molecule has 2 saturated carbocycles. The number of nitrogens with two attached hydrogens (primary N) is 1. The molecule has 36 heavy (non-hydrogen) atoms. The van der Waals surface area contributed by atoms with Crippen molar-refractivity contribution in [2.24, 2.45) is 11.3 Å². The second kappa shape index (κ2) is 12.2. The number of nitrogen functional groups attached to an aromatic ring is 1. The van der Waals surface area contributed by atoms with Gasteiger partial charge in [0.2, 0.25) is 0 Å². The van der Waals surface area contributed by atoms with Crippen LogP contribution < -0.4 is 5.73 Å². The van der Waals surface area contributed by atoms with Crippen molar-refractivity contribution in [1.29, 1.82) is 0 Å². The van der Waals surface area contributed by atoms with Gasteiger partial charge in [-0.1, -0.05) is 43.7 Å². The first-order chi connectivity index (χ1) is 17.0. The Hall–Kier alpha value is -2.41. The number of esters is 1. The first-order valence-corrected chi connectivity index (χ1v) is 13.4. The van der Waals surface area contributed by atoms with Crippen LogP contribution in [0, 0.1) is 18.3 Å². The van der Waals surface area contributed by atoms with E-state index in [1.807, 2.05) is 23.7 Å². The number of hydrogen-bond donors (Lipinski definition) is 1. The largest absolute Gasteiger partial charge is 0.469 e. The van der Waals surface area contributed by atoms with Crippen molar-refractivity contribution in [1.82, 2.24) is 15.0 Å². The zero-order chi connectivity index (χ0) is 26.5. The second-order valence-corrected chi connectivity index (χ2v) is 12.0. The standard InChI is InChI=1S/C21H33N3O3.C7H8ClN/c1-21(2,3)13-14-11-16(12-14)19-20(15-5-6-15)24(23-22-19)17(9-10-25)7-8-18(26)27-4;1-5-2-3-7(9)6(8)4-5/h10,14-17H,5-9,11-13H2,1-4H3;2-4H,9H2,1H3/t14?,16?,17-;/m0./s1. The molecule has 1 heterocycles. The Morgan fingerprint density at radius 3 is 2.50 bits per heavy atom. The number of carbonyl (C=O) groups excluding carboxylic acids is 2. The van der Waals surface area contributed by atoms with Gasteiger partial charge in [-0.15, -0.1) is 5.10 Å². The summed E-state index contributed by atoms with van der Waals surface area (Å²) in [4.78, 5) is 22.8. The van der Waals surface area contributed by atoms with Crippen molar-refractivity contribution < 1.29 is 14.3 Å². The topological polar surface area (TPSA) is 100 Å². The molecule has 2 fully saturated rings. The van der Waals surface area contributed by atoms with Crippen molar-refractivity contribution in [2.45, 2.75) is 96.9 Å². The Kier molecular flexibility index (Phi) is 9.56. The average molecular weight is 517 g/mol. The Balaban J connectivity index is 0.000000338. The highest BCUT2D eigenvalue weighted by atomic mass is 35.5. The lowest BCUT2D eigenvalue weighted by molar-refractivity contribution is -0.141. The molecule has 8 heteroatoms. The monoisotopic (exact) mass is 516 g/mol. The number of methoxy groups -OCH3 is 1. The molecule has 1 atom stereocenters. The number of carbonyl (C=O) groups is 2. The van der Waals surface area contributed by atoms with Gasteiger partial charge in [-0.25, -0.2) is 4.68 Å². The van der Waals surface area contributed by atoms with Crippen LogP contribution >= 0.6 is 11.6 Å². The maximum atomic E-state index is 11.5. The Bertz CT molecular complexity index is 1040. The molecule has 2 aliphatic rings. The molecular formula is C28H41ClN4O3. The van der Waals surface area contributed by atoms with Crippen molar-refractivity contribution in [3.63, 3.8) is 0 Å². The molecule has 0 saturated heterocycles. The molecule has 0 radical (unpaired) electrons. The van der Waals surface area contributed by atoms with Crippen LogP contribution in [0.5, 0.6) is 0 Å². The fourth-order valence-electron chi connectivity index (χ4n) is 5.09. The molecule has 0 spiro atoms. The fourth-order valence-corrected chi connectivity index (χ4v) is 5.32. The number of nitrogens with zero attached hydrogens (tertiary/aromatic N) is 3. The van der Waals surface area contributed by atoms with Crippen LogP contribution in [0.4, 0.5) is 5.69 Å². The van der Waals surface area contributed by atoms with E-state index in [-0.39, 0.29) is 12.0 Å². The van der Waals surface area contributed by atoms with E-state index in [4.69, 9.17) is 22.1 Å². The number of hydrogen-bond acceptors (Lipinski definition) is 6. The number of ether oxygens (including phenoxy) is 1. The number of anilines is 1. The quantitative estimate of drug-likeness (QED) is 0.235. The number of aromatic nitrogens is 3. The van der Waals surface area contributed by atoms with Gasteiger partial charge in [-0.3, -0.25) is 4.79 Å². The summed E-state index contributed by atoms with van der Waals surface area (Å²) < 4.78 is 6.71. The smallest absolute Gasteiger partial charge is 0.305 e. The fraction of sp³-hybridized carbons (Fsp3) is 0.643. The summed E-state index contributed by atoms with van der Waals surface area (Å²) in [6.07, 6.45) is 8.11. The predicted molar refractivity (Wildman–Crippen MR) is 143 cm³/mol. The van der Waals surface area contributed by atoms with E-state index in [0.29, 0.717) is 47.2 Å². The molecule has 0 unspecified atom stereocenters. The molecule has 4 rings (SSSR count). The zero-order valence-electron chi connectivity index (χ0n) is 22.3. The van der Waals surface area contributed by atoms with Crippen LogP contribution in [0.25, 0.3) is 0 Å². The zero-order valence-corrected chi connectivity index (χ0v) is 23.1. The summed E-state index contributed by atoms with van der Waals surface area (Å²) in [6, 6.07) is 5.47. The van der Waals surface area contributed by atoms with E-state index in [1.54, 1.807) is 6.07 Å². The molecular weight excluding hydrogens is 476 g/mol. The lowest BCUT2D eigenvalue weighted by Crippen LogP contribution is -2.27. The van der Waals surface area contributed by atoms with Crippen LogP contribution in [0.2, 0.25) is 5.02 Å². The average Bonchev–Trinajstić information content (AvgIpc) is 3.54. The SMILES string of the molecule is COC(=O)CC[C@@H](CC=O)n1nnc(C2CC(CC(C)(C)C)C2)c1C1CC1.Cc1ccc(N)c(Cl)c1. The van der Waals surface area contributed by atoms with E-state index < -0.39 is 0 Å². The number of aldehydes is 1. The molecule has 0 bridgehead atoms. The first-order valence-electron chi connectivity index (χ1n) is 13.0. The van der Waals surface area contributed by atoms with Crippen LogP contribution in [0.3, 0.4) is 0 Å². The van der Waals surface area contributed by atoms with E-state index in [0.717, 1.165) is 23.5 Å². The van der Waals surface area contributed by atoms with Gasteiger partial charge in [0.1, 0.15) is 6.29 Å². The third-order valence-electron chi connectivity index (χ3n) is 7.03. The highest BCUT2D eigenvalue weighted by Gasteiger charge is 2.40. The van der Waals surface area contributed by atoms with Crippen molar-refractivity contribution in [3.05, 3.63) is 40.2 Å². The summed E-state index contributed by atoms with van der Waals surface area (Å²) in [7, 11) is 1.39. The summed E-state index contributed by atoms with van der Waals surface area (Å²) in [6.45, 7) is 8.89. The molecule has 0 amide bonds. The van der Waals surface area contributed by atoms with Crippen LogP contribution in [0.15, 0.2) is 18.2 Å². The molecule has 2 aliphatic carbocycles. The van der Waals surface area contributed by atoms with Gasteiger partial charge in [-0.05, 0) is 74.5 Å². The van der Waals surface area contributed by atoms with Crippen molar-refractivity contribution >= 4 is 29.5 Å². The molecule has 1 aromatic carbocycles. The minimum Gasteiger partial charge on any atom is -0.469 e. The minimum absolute atomic E-state index is 0.108. The molecule has 1 aromatic heterocycles. The molecule has 2 N–H and O–H groups in total. The van der Waals surface area contributed by atoms with Gasteiger partial charge in [0.05, 0.1) is 35.2 Å². The van der Waals surface area contributed by atoms with Crippen LogP contribution in [-0.2, 0) is 14.3 Å². The molecule has 198 valence electrons. The van der Waals surface area contributed by atoms with Gasteiger partial charge in [0.25, 0.3) is 0 Å². The van der Waals surface area contributed by atoms with Gasteiger partial charge in [0, 0.05) is 24.7 Å². The lowest BCUT2D eigenvalue weighted by atomic mass is 9.67. The van der Waals surface area contributed by atoms with Crippen molar-refractivity contribution in [2.75, 3.05) is 12.8 Å². The van der Waals surface area contributed by atoms with Crippen molar-refractivity contribution in [3.8, 4) is 0 Å². The number of halogens is 1. The van der Waals surface area contributed by atoms with Gasteiger partial charge in [0.15, 0.2) is 0 Å². The summed E-state index contributed by atoms with van der Waals surface area (Å²) >= 11 is 5.69. The van der Waals surface area contributed by atoms with Crippen LogP contribution in [-0.4, -0.2) is 34.4 Å². The third kappa shape index (κ3) is 7.79. The van der Waals surface area contributed by atoms with Gasteiger partial charge >= 0.3 is 5.97 Å². The Morgan fingerprint density at radius 2 is 1.97 bits per heavy atom. The normalized spacial score (nSPS) is 20.1. The van der Waals surface area contributed by atoms with Gasteiger partial charge < -0.3 is 15.3 Å². The Labute approximate surface area is 220 Å². The number of benzene rings is 1. The molecule has 7 nitrogen and oxygen atoms in total. The van der Waals surface area contributed by atoms with Gasteiger partial charge in [-0.2, -0.15) is 0 Å². The third-order valence-corrected chi connectivity index (χ3v) is 7.35. The second-order valence-electron chi connectivity index (χ2n) is 11.6. The van der Waals surface area contributed by atoms with E-state index in [1.165, 1.54) is 44.9 Å². The summed E-state index contributed by atoms with van der Waals surface area (Å²) in [5.74, 6) is 1.55. The van der Waals surface area contributed by atoms with E-state index in [9.17, 15) is 9.59 Å². The summed E-state index contributed by atoms with van der Waals surface area (Å²) in [5, 5.41) is 9.65. The maximum Gasteiger partial charge on any atom is 0.305 e. The number of aryl methyl sites for hydroxylation is 1. The number of rotatable bonds is 9. The Morgan fingerprint density at radius 1 is 1.28 bits per heavy atom. The molecule has 0 aliphatic heterocycles. The highest BCUT2D eigenvalue weighted by molar-refractivity contribution is 6.33. The van der Waals surface area contributed by atoms with E-state index >= 15 is 0 Å².